The normalized spacial score (nSPS) is 11.6. The minimum absolute atomic E-state index is 0.0268. The van der Waals surface area contributed by atoms with Gasteiger partial charge in [0.05, 0.1) is 5.69 Å². The minimum atomic E-state index is -1.13. The van der Waals surface area contributed by atoms with E-state index in [1.54, 1.807) is 4.68 Å². The highest BCUT2D eigenvalue weighted by Gasteiger charge is 2.18. The van der Waals surface area contributed by atoms with Crippen LogP contribution in [0, 0.1) is 26.2 Å². The van der Waals surface area contributed by atoms with Crippen LogP contribution in [0.4, 0.5) is 0 Å². The van der Waals surface area contributed by atoms with Crippen molar-refractivity contribution in [1.29, 1.82) is 0 Å². The fourth-order valence-corrected chi connectivity index (χ4v) is 1.69. The van der Waals surface area contributed by atoms with Gasteiger partial charge >= 0.3 is 5.97 Å². The highest BCUT2D eigenvalue weighted by atomic mass is 16.4. The van der Waals surface area contributed by atoms with Crippen LogP contribution in [0.3, 0.4) is 0 Å². The van der Waals surface area contributed by atoms with Gasteiger partial charge in [-0.3, -0.25) is 9.48 Å². The lowest BCUT2D eigenvalue weighted by Gasteiger charge is -2.12. The number of carbonyl (C=O) groups excluding carboxylic acids is 1. The molecule has 1 amide bonds. The van der Waals surface area contributed by atoms with Gasteiger partial charge in [0.15, 0.2) is 0 Å². The lowest BCUT2D eigenvalue weighted by atomic mass is 10.2. The third-order valence-corrected chi connectivity index (χ3v) is 2.61. The van der Waals surface area contributed by atoms with Crippen LogP contribution < -0.4 is 5.32 Å². The van der Waals surface area contributed by atoms with E-state index in [2.05, 4.69) is 16.3 Å². The Morgan fingerprint density at radius 2 is 2.26 bits per heavy atom. The van der Waals surface area contributed by atoms with Crippen molar-refractivity contribution in [2.45, 2.75) is 39.3 Å². The number of carboxylic acids is 1. The molecule has 0 aliphatic heterocycles. The van der Waals surface area contributed by atoms with Crippen molar-refractivity contribution in [2.24, 2.45) is 0 Å². The van der Waals surface area contributed by atoms with Gasteiger partial charge in [-0.05, 0) is 19.9 Å². The van der Waals surface area contributed by atoms with Crippen LogP contribution in [-0.2, 0) is 16.1 Å². The number of aliphatic carboxylic acids is 1. The van der Waals surface area contributed by atoms with Crippen LogP contribution in [-0.4, -0.2) is 32.8 Å². The average molecular weight is 263 g/mol. The predicted octanol–water partition coefficient (Wildman–Crippen LogP) is 0.483. The van der Waals surface area contributed by atoms with Crippen molar-refractivity contribution in [1.82, 2.24) is 15.1 Å². The number of amides is 1. The van der Waals surface area contributed by atoms with E-state index in [0.29, 0.717) is 6.54 Å². The number of terminal acetylenes is 1. The smallest absolute Gasteiger partial charge is 0.327 e. The third kappa shape index (κ3) is 4.47. The number of carbonyl (C=O) groups is 2. The number of rotatable bonds is 6. The van der Waals surface area contributed by atoms with Gasteiger partial charge < -0.3 is 10.4 Å². The SMILES string of the molecule is C#CCC(NC(=O)CCn1nc(C)cc1C)C(=O)O. The molecular weight excluding hydrogens is 246 g/mol. The molecule has 1 rings (SSSR count). The molecular formula is C13H17N3O3. The maximum atomic E-state index is 11.6. The zero-order chi connectivity index (χ0) is 14.4. The van der Waals surface area contributed by atoms with Gasteiger partial charge in [-0.25, -0.2) is 4.79 Å². The third-order valence-electron chi connectivity index (χ3n) is 2.61. The van der Waals surface area contributed by atoms with Gasteiger partial charge in [0.25, 0.3) is 0 Å². The minimum Gasteiger partial charge on any atom is -0.480 e. The lowest BCUT2D eigenvalue weighted by molar-refractivity contribution is -0.141. The first-order chi connectivity index (χ1) is 8.93. The molecule has 6 nitrogen and oxygen atoms in total. The second-order valence-corrected chi connectivity index (χ2v) is 4.27. The summed E-state index contributed by atoms with van der Waals surface area (Å²) in [6.45, 7) is 4.18. The molecule has 1 aromatic heterocycles. The van der Waals surface area contributed by atoms with Gasteiger partial charge in [-0.15, -0.1) is 12.3 Å². The van der Waals surface area contributed by atoms with E-state index in [1.165, 1.54) is 0 Å². The summed E-state index contributed by atoms with van der Waals surface area (Å²) >= 11 is 0. The highest BCUT2D eigenvalue weighted by Crippen LogP contribution is 2.03. The quantitative estimate of drug-likeness (QED) is 0.731. The second-order valence-electron chi connectivity index (χ2n) is 4.27. The molecule has 6 heteroatoms. The summed E-state index contributed by atoms with van der Waals surface area (Å²) in [6.07, 6.45) is 5.19. The first-order valence-electron chi connectivity index (χ1n) is 5.90. The molecule has 0 radical (unpaired) electrons. The van der Waals surface area contributed by atoms with Crippen LogP contribution in [0.2, 0.25) is 0 Å². The molecule has 0 aliphatic rings. The number of hydrogen-bond donors (Lipinski definition) is 2. The Bertz CT molecular complexity index is 514. The number of carboxylic acid groups (broad SMARTS) is 1. The van der Waals surface area contributed by atoms with Crippen molar-refractivity contribution in [3.63, 3.8) is 0 Å². The first-order valence-corrected chi connectivity index (χ1v) is 5.90. The van der Waals surface area contributed by atoms with E-state index in [9.17, 15) is 9.59 Å². The average Bonchev–Trinajstić information content (AvgIpc) is 2.64. The van der Waals surface area contributed by atoms with Crippen LogP contribution in [0.15, 0.2) is 6.07 Å². The number of aromatic nitrogens is 2. The van der Waals surface area contributed by atoms with E-state index in [1.807, 2.05) is 19.9 Å². The van der Waals surface area contributed by atoms with Gasteiger partial charge in [-0.2, -0.15) is 5.10 Å². The monoisotopic (exact) mass is 263 g/mol. The lowest BCUT2D eigenvalue weighted by Crippen LogP contribution is -2.40. The Morgan fingerprint density at radius 3 is 2.74 bits per heavy atom. The van der Waals surface area contributed by atoms with Crippen molar-refractivity contribution < 1.29 is 14.7 Å². The Balaban J connectivity index is 2.49. The largest absolute Gasteiger partial charge is 0.480 e. The summed E-state index contributed by atoms with van der Waals surface area (Å²) in [6, 6.07) is 0.883. The number of hydrogen-bond acceptors (Lipinski definition) is 3. The fraction of sp³-hybridized carbons (Fsp3) is 0.462. The predicted molar refractivity (Wildman–Crippen MR) is 69.3 cm³/mol. The Labute approximate surface area is 111 Å². The fourth-order valence-electron chi connectivity index (χ4n) is 1.69. The van der Waals surface area contributed by atoms with E-state index < -0.39 is 12.0 Å². The van der Waals surface area contributed by atoms with Crippen LogP contribution in [0.1, 0.15) is 24.2 Å². The summed E-state index contributed by atoms with van der Waals surface area (Å²) in [5.74, 6) is 0.749. The van der Waals surface area contributed by atoms with Crippen LogP contribution in [0.5, 0.6) is 0 Å². The summed E-state index contributed by atoms with van der Waals surface area (Å²) in [5, 5.41) is 15.5. The van der Waals surface area contributed by atoms with Gasteiger partial charge in [-0.1, -0.05) is 0 Å². The summed E-state index contributed by atoms with van der Waals surface area (Å²) in [4.78, 5) is 22.5. The number of aryl methyl sites for hydroxylation is 3. The van der Waals surface area contributed by atoms with Crippen molar-refractivity contribution in [2.75, 3.05) is 0 Å². The van der Waals surface area contributed by atoms with E-state index in [4.69, 9.17) is 11.5 Å². The van der Waals surface area contributed by atoms with Crippen LogP contribution >= 0.6 is 0 Å². The molecule has 1 atom stereocenters. The zero-order valence-corrected chi connectivity index (χ0v) is 11.0. The van der Waals surface area contributed by atoms with Gasteiger partial charge in [0.1, 0.15) is 6.04 Å². The summed E-state index contributed by atoms with van der Waals surface area (Å²) in [5.41, 5.74) is 1.84. The molecule has 0 bridgehead atoms. The number of nitrogens with one attached hydrogen (secondary N) is 1. The van der Waals surface area contributed by atoms with E-state index in [-0.39, 0.29) is 18.7 Å². The molecule has 0 saturated heterocycles. The standard InChI is InChI=1S/C13H17N3O3/c1-4-5-11(13(18)19)14-12(17)6-7-16-10(3)8-9(2)15-16/h1,8,11H,5-7H2,2-3H3,(H,14,17)(H,18,19). The molecule has 2 N–H and O–H groups in total. The van der Waals surface area contributed by atoms with E-state index >= 15 is 0 Å². The van der Waals surface area contributed by atoms with Gasteiger partial charge in [0, 0.05) is 25.1 Å². The molecule has 1 aromatic rings. The van der Waals surface area contributed by atoms with Gasteiger partial charge in [0.2, 0.25) is 5.91 Å². The number of nitrogens with zero attached hydrogens (tertiary/aromatic N) is 2. The molecule has 19 heavy (non-hydrogen) atoms. The summed E-state index contributed by atoms with van der Waals surface area (Å²) < 4.78 is 1.71. The molecule has 0 aromatic carbocycles. The maximum absolute atomic E-state index is 11.6. The van der Waals surface area contributed by atoms with Crippen LogP contribution in [0.25, 0.3) is 0 Å². The second kappa shape index (κ2) is 6.59. The molecule has 0 spiro atoms. The highest BCUT2D eigenvalue weighted by molar-refractivity contribution is 5.83. The van der Waals surface area contributed by atoms with Crippen molar-refractivity contribution >= 4 is 11.9 Å². The Morgan fingerprint density at radius 1 is 1.58 bits per heavy atom. The molecule has 0 aliphatic carbocycles. The Hall–Kier alpha value is -2.29. The van der Waals surface area contributed by atoms with Crippen molar-refractivity contribution in [3.05, 3.63) is 17.5 Å². The topological polar surface area (TPSA) is 84.2 Å². The molecule has 0 fully saturated rings. The van der Waals surface area contributed by atoms with E-state index in [0.717, 1.165) is 11.4 Å². The zero-order valence-electron chi connectivity index (χ0n) is 11.0. The maximum Gasteiger partial charge on any atom is 0.327 e. The summed E-state index contributed by atoms with van der Waals surface area (Å²) in [7, 11) is 0. The Kier molecular flexibility index (Phi) is 5.12. The molecule has 1 heterocycles. The first kappa shape index (κ1) is 14.8. The molecule has 102 valence electrons. The van der Waals surface area contributed by atoms with Crippen molar-refractivity contribution in [3.8, 4) is 12.3 Å². The molecule has 0 saturated carbocycles. The molecule has 1 unspecified atom stereocenters.